The van der Waals surface area contributed by atoms with Crippen LogP contribution in [0.25, 0.3) is 33.6 Å². The summed E-state index contributed by atoms with van der Waals surface area (Å²) in [5, 5.41) is 15.1. The van der Waals surface area contributed by atoms with Crippen LogP contribution in [0.1, 0.15) is 0 Å². The van der Waals surface area contributed by atoms with E-state index in [-0.39, 0.29) is 5.75 Å². The van der Waals surface area contributed by atoms with Gasteiger partial charge in [0.25, 0.3) is 0 Å². The van der Waals surface area contributed by atoms with E-state index in [0.29, 0.717) is 28.4 Å². The van der Waals surface area contributed by atoms with Crippen molar-refractivity contribution >= 4 is 11.0 Å². The second-order valence-corrected chi connectivity index (χ2v) is 5.10. The Morgan fingerprint density at radius 3 is 2.70 bits per heavy atom. The molecule has 2 aromatic heterocycles. The fourth-order valence-electron chi connectivity index (χ4n) is 2.55. The third kappa shape index (κ3) is 2.23. The van der Waals surface area contributed by atoms with Crippen molar-refractivity contribution in [1.29, 1.82) is 0 Å². The molecule has 0 saturated heterocycles. The number of furan rings is 1. The number of phenols is 1. The Bertz CT molecular complexity index is 951. The van der Waals surface area contributed by atoms with Gasteiger partial charge >= 0.3 is 0 Å². The highest BCUT2D eigenvalue weighted by atomic mass is 16.5. The van der Waals surface area contributed by atoms with E-state index in [4.69, 9.17) is 13.7 Å². The number of ether oxygens (including phenoxy) is 1. The first kappa shape index (κ1) is 13.5. The van der Waals surface area contributed by atoms with E-state index in [1.165, 1.54) is 6.07 Å². The van der Waals surface area contributed by atoms with E-state index >= 15 is 0 Å². The van der Waals surface area contributed by atoms with Gasteiger partial charge in [0.2, 0.25) is 0 Å². The van der Waals surface area contributed by atoms with E-state index in [9.17, 15) is 5.11 Å². The van der Waals surface area contributed by atoms with E-state index in [0.717, 1.165) is 11.0 Å². The highest BCUT2D eigenvalue weighted by Gasteiger charge is 2.19. The molecule has 0 saturated carbocycles. The average Bonchev–Trinajstić information content (AvgIpc) is 3.20. The molecule has 0 amide bonds. The molecular weight excluding hydrogens is 294 g/mol. The standard InChI is InChI=1S/C18H13NO4/c1-21-12-6-7-13(15(20)9-12)18-14(10-19-23-18)17-8-11-4-2-3-5-16(11)22-17/h2-10,20H,1H3. The van der Waals surface area contributed by atoms with Gasteiger partial charge in [-0.05, 0) is 24.3 Å². The molecular formula is C18H13NO4. The predicted molar refractivity (Wildman–Crippen MR) is 85.4 cm³/mol. The number of methoxy groups -OCH3 is 1. The van der Waals surface area contributed by atoms with Gasteiger partial charge in [0.15, 0.2) is 5.76 Å². The molecule has 4 aromatic rings. The second-order valence-electron chi connectivity index (χ2n) is 5.10. The third-order valence-corrected chi connectivity index (χ3v) is 3.71. The molecule has 0 fully saturated rings. The second kappa shape index (κ2) is 5.21. The largest absolute Gasteiger partial charge is 0.507 e. The lowest BCUT2D eigenvalue weighted by molar-refractivity contribution is 0.405. The Labute approximate surface area is 131 Å². The molecule has 114 valence electrons. The van der Waals surface area contributed by atoms with Crippen LogP contribution in [0, 0.1) is 0 Å². The summed E-state index contributed by atoms with van der Waals surface area (Å²) in [5.74, 6) is 1.70. The van der Waals surface area contributed by atoms with Crippen LogP contribution >= 0.6 is 0 Å². The summed E-state index contributed by atoms with van der Waals surface area (Å²) in [4.78, 5) is 0. The Morgan fingerprint density at radius 1 is 1.04 bits per heavy atom. The molecule has 1 N–H and O–H groups in total. The summed E-state index contributed by atoms with van der Waals surface area (Å²) in [6.07, 6.45) is 1.58. The van der Waals surface area contributed by atoms with Crippen LogP contribution in [-0.4, -0.2) is 17.4 Å². The monoisotopic (exact) mass is 307 g/mol. The number of rotatable bonds is 3. The first-order valence-corrected chi connectivity index (χ1v) is 7.07. The van der Waals surface area contributed by atoms with E-state index in [2.05, 4.69) is 5.16 Å². The Hall–Kier alpha value is -3.21. The quantitative estimate of drug-likeness (QED) is 0.605. The summed E-state index contributed by atoms with van der Waals surface area (Å²) in [6.45, 7) is 0. The molecule has 4 rings (SSSR count). The fraction of sp³-hybridized carbons (Fsp3) is 0.0556. The van der Waals surface area contributed by atoms with Gasteiger partial charge in [-0.2, -0.15) is 0 Å². The zero-order valence-corrected chi connectivity index (χ0v) is 12.3. The maximum atomic E-state index is 10.2. The number of aromatic hydroxyl groups is 1. The highest BCUT2D eigenvalue weighted by molar-refractivity contribution is 5.87. The first-order chi connectivity index (χ1) is 11.3. The number of para-hydroxylation sites is 1. The van der Waals surface area contributed by atoms with Gasteiger partial charge in [0.05, 0.1) is 24.4 Å². The third-order valence-electron chi connectivity index (χ3n) is 3.71. The highest BCUT2D eigenvalue weighted by Crippen LogP contribution is 2.39. The van der Waals surface area contributed by atoms with E-state index in [1.807, 2.05) is 30.3 Å². The van der Waals surface area contributed by atoms with Crippen LogP contribution in [0.15, 0.2) is 63.7 Å². The minimum absolute atomic E-state index is 0.0541. The molecule has 2 aromatic carbocycles. The normalized spacial score (nSPS) is 11.0. The number of phenolic OH excluding ortho intramolecular Hbond substituents is 1. The Kier molecular flexibility index (Phi) is 3.05. The topological polar surface area (TPSA) is 68.6 Å². The van der Waals surface area contributed by atoms with E-state index in [1.54, 1.807) is 25.4 Å². The molecule has 0 atom stereocenters. The molecule has 0 aliphatic heterocycles. The number of nitrogens with zero attached hydrogens (tertiary/aromatic N) is 1. The van der Waals surface area contributed by atoms with Crippen molar-refractivity contribution < 1.29 is 18.8 Å². The molecule has 23 heavy (non-hydrogen) atoms. The minimum Gasteiger partial charge on any atom is -0.507 e. The lowest BCUT2D eigenvalue weighted by Gasteiger charge is -2.05. The van der Waals surface area contributed by atoms with Gasteiger partial charge in [-0.1, -0.05) is 23.4 Å². The smallest absolute Gasteiger partial charge is 0.181 e. The summed E-state index contributed by atoms with van der Waals surface area (Å²) in [6, 6.07) is 14.7. The van der Waals surface area contributed by atoms with Crippen molar-refractivity contribution in [2.75, 3.05) is 7.11 Å². The van der Waals surface area contributed by atoms with E-state index < -0.39 is 0 Å². The first-order valence-electron chi connectivity index (χ1n) is 7.07. The molecule has 0 unspecified atom stereocenters. The van der Waals surface area contributed by atoms with Crippen molar-refractivity contribution in [2.45, 2.75) is 0 Å². The Morgan fingerprint density at radius 2 is 1.91 bits per heavy atom. The summed E-state index contributed by atoms with van der Waals surface area (Å²) in [7, 11) is 1.54. The SMILES string of the molecule is COc1ccc(-c2oncc2-c2cc3ccccc3o2)c(O)c1. The number of fused-ring (bicyclic) bond motifs is 1. The summed E-state index contributed by atoms with van der Waals surface area (Å²) in [5.41, 5.74) is 1.99. The average molecular weight is 307 g/mol. The molecule has 0 bridgehead atoms. The zero-order valence-electron chi connectivity index (χ0n) is 12.3. The van der Waals surface area contributed by atoms with Crippen molar-refractivity contribution in [3.63, 3.8) is 0 Å². The Balaban J connectivity index is 1.85. The predicted octanol–water partition coefficient (Wildman–Crippen LogP) is 4.47. The molecule has 2 heterocycles. The molecule has 5 heteroatoms. The number of aromatic nitrogens is 1. The molecule has 0 spiro atoms. The van der Waals surface area contributed by atoms with Crippen LogP contribution in [0.2, 0.25) is 0 Å². The summed E-state index contributed by atoms with van der Waals surface area (Å²) >= 11 is 0. The molecule has 0 aliphatic carbocycles. The van der Waals surface area contributed by atoms with Crippen molar-refractivity contribution in [3.05, 3.63) is 54.7 Å². The molecule has 0 aliphatic rings. The zero-order chi connectivity index (χ0) is 15.8. The van der Waals surface area contributed by atoms with Gasteiger partial charge in [-0.3, -0.25) is 0 Å². The fourth-order valence-corrected chi connectivity index (χ4v) is 2.55. The van der Waals surface area contributed by atoms with Gasteiger partial charge in [0.1, 0.15) is 22.8 Å². The minimum atomic E-state index is 0.0541. The van der Waals surface area contributed by atoms with Crippen LogP contribution in [0.5, 0.6) is 11.5 Å². The van der Waals surface area contributed by atoms with Gasteiger partial charge < -0.3 is 18.8 Å². The lowest BCUT2D eigenvalue weighted by Crippen LogP contribution is -1.84. The lowest BCUT2D eigenvalue weighted by atomic mass is 10.1. The van der Waals surface area contributed by atoms with Crippen LogP contribution < -0.4 is 4.74 Å². The maximum absolute atomic E-state index is 10.2. The number of hydrogen-bond acceptors (Lipinski definition) is 5. The van der Waals surface area contributed by atoms with Gasteiger partial charge in [-0.25, -0.2) is 0 Å². The van der Waals surface area contributed by atoms with Crippen LogP contribution in [0.4, 0.5) is 0 Å². The van der Waals surface area contributed by atoms with Crippen molar-refractivity contribution in [2.24, 2.45) is 0 Å². The number of benzene rings is 2. The van der Waals surface area contributed by atoms with Gasteiger partial charge in [0, 0.05) is 11.5 Å². The van der Waals surface area contributed by atoms with Crippen molar-refractivity contribution in [3.8, 4) is 34.1 Å². The molecule has 5 nitrogen and oxygen atoms in total. The van der Waals surface area contributed by atoms with Crippen LogP contribution in [-0.2, 0) is 0 Å². The maximum Gasteiger partial charge on any atom is 0.181 e. The van der Waals surface area contributed by atoms with Crippen LogP contribution in [0.3, 0.4) is 0 Å². The molecule has 0 radical (unpaired) electrons. The summed E-state index contributed by atoms with van der Waals surface area (Å²) < 4.78 is 16.3. The van der Waals surface area contributed by atoms with Crippen molar-refractivity contribution in [1.82, 2.24) is 5.16 Å². The number of hydrogen-bond donors (Lipinski definition) is 1. The van der Waals surface area contributed by atoms with Gasteiger partial charge in [-0.15, -0.1) is 0 Å².